The second kappa shape index (κ2) is 5.69. The summed E-state index contributed by atoms with van der Waals surface area (Å²) in [7, 11) is 1.63. The number of benzene rings is 1. The molecule has 0 radical (unpaired) electrons. The number of hydrogen-bond donors (Lipinski definition) is 1. The Morgan fingerprint density at radius 3 is 2.89 bits per heavy atom. The average Bonchev–Trinajstić information content (AvgIpc) is 2.69. The van der Waals surface area contributed by atoms with Gasteiger partial charge < -0.3 is 15.0 Å². The van der Waals surface area contributed by atoms with Crippen molar-refractivity contribution in [2.75, 3.05) is 20.1 Å². The number of hydrogen-bond acceptors (Lipinski definition) is 3. The van der Waals surface area contributed by atoms with Crippen LogP contribution in [0.15, 0.2) is 24.3 Å². The van der Waals surface area contributed by atoms with Crippen LogP contribution in [0.25, 0.3) is 0 Å². The molecule has 0 bridgehead atoms. The van der Waals surface area contributed by atoms with E-state index in [9.17, 15) is 14.0 Å². The van der Waals surface area contributed by atoms with E-state index in [1.165, 1.54) is 11.0 Å². The van der Waals surface area contributed by atoms with Crippen LogP contribution in [-0.2, 0) is 16.0 Å². The standard InChI is InChI=1S/C13H15FN2O3/c1-16-8-10(19-13(16)18)7-15-12(17)6-9-4-2-3-5-11(9)14/h2-5,10H,6-8H2,1H3,(H,15,17). The molecule has 19 heavy (non-hydrogen) atoms. The van der Waals surface area contributed by atoms with Crippen molar-refractivity contribution in [1.29, 1.82) is 0 Å². The van der Waals surface area contributed by atoms with Gasteiger partial charge in [0.1, 0.15) is 11.9 Å². The molecule has 1 aromatic carbocycles. The molecule has 2 amide bonds. The number of nitrogens with zero attached hydrogens (tertiary/aromatic N) is 1. The molecule has 1 fully saturated rings. The first kappa shape index (κ1) is 13.3. The van der Waals surface area contributed by atoms with Gasteiger partial charge in [-0.1, -0.05) is 18.2 Å². The van der Waals surface area contributed by atoms with Crippen molar-refractivity contribution < 1.29 is 18.7 Å². The first-order valence-electron chi connectivity index (χ1n) is 5.98. The van der Waals surface area contributed by atoms with Crippen LogP contribution in [0.3, 0.4) is 0 Å². The van der Waals surface area contributed by atoms with E-state index in [0.29, 0.717) is 12.1 Å². The van der Waals surface area contributed by atoms with Crippen LogP contribution < -0.4 is 5.32 Å². The minimum Gasteiger partial charge on any atom is -0.442 e. The number of nitrogens with one attached hydrogen (secondary N) is 1. The van der Waals surface area contributed by atoms with E-state index in [-0.39, 0.29) is 25.0 Å². The molecular weight excluding hydrogens is 251 g/mol. The van der Waals surface area contributed by atoms with Gasteiger partial charge in [0.2, 0.25) is 5.91 Å². The fraction of sp³-hybridized carbons (Fsp3) is 0.385. The predicted molar refractivity (Wildman–Crippen MR) is 66.0 cm³/mol. The summed E-state index contributed by atoms with van der Waals surface area (Å²) in [6.45, 7) is 0.683. The molecule has 6 heteroatoms. The summed E-state index contributed by atoms with van der Waals surface area (Å²) >= 11 is 0. The molecular formula is C13H15FN2O3. The molecule has 1 aliphatic heterocycles. The third-order valence-electron chi connectivity index (χ3n) is 2.89. The Hall–Kier alpha value is -2.11. The van der Waals surface area contributed by atoms with Crippen molar-refractivity contribution in [1.82, 2.24) is 10.2 Å². The summed E-state index contributed by atoms with van der Waals surface area (Å²) in [5, 5.41) is 2.63. The van der Waals surface area contributed by atoms with E-state index in [2.05, 4.69) is 5.32 Å². The van der Waals surface area contributed by atoms with Gasteiger partial charge in [0.05, 0.1) is 19.5 Å². The van der Waals surface area contributed by atoms with Crippen LogP contribution in [0.5, 0.6) is 0 Å². The first-order valence-corrected chi connectivity index (χ1v) is 5.98. The minimum atomic E-state index is -0.398. The number of rotatable bonds is 4. The zero-order valence-electron chi connectivity index (χ0n) is 10.6. The highest BCUT2D eigenvalue weighted by Gasteiger charge is 2.28. The van der Waals surface area contributed by atoms with E-state index in [0.717, 1.165) is 0 Å². The Morgan fingerprint density at radius 2 is 2.26 bits per heavy atom. The normalized spacial score (nSPS) is 18.3. The van der Waals surface area contributed by atoms with Crippen molar-refractivity contribution >= 4 is 12.0 Å². The molecule has 5 nitrogen and oxygen atoms in total. The van der Waals surface area contributed by atoms with Crippen molar-refractivity contribution in [3.8, 4) is 0 Å². The SMILES string of the molecule is CN1CC(CNC(=O)Cc2ccccc2F)OC1=O. The Balaban J connectivity index is 1.80. The van der Waals surface area contributed by atoms with Crippen LogP contribution in [0.1, 0.15) is 5.56 Å². The van der Waals surface area contributed by atoms with Gasteiger partial charge in [-0.05, 0) is 11.6 Å². The third kappa shape index (κ3) is 3.43. The molecule has 0 aliphatic carbocycles. The number of cyclic esters (lactones) is 1. The second-order valence-corrected chi connectivity index (χ2v) is 4.46. The quantitative estimate of drug-likeness (QED) is 0.882. The predicted octanol–water partition coefficient (Wildman–Crippen LogP) is 0.935. The highest BCUT2D eigenvalue weighted by Crippen LogP contribution is 2.09. The lowest BCUT2D eigenvalue weighted by Crippen LogP contribution is -2.35. The van der Waals surface area contributed by atoms with Gasteiger partial charge in [0, 0.05) is 7.05 Å². The van der Waals surface area contributed by atoms with Crippen LogP contribution >= 0.6 is 0 Å². The van der Waals surface area contributed by atoms with Crippen molar-refractivity contribution in [3.63, 3.8) is 0 Å². The molecule has 1 heterocycles. The number of ether oxygens (including phenoxy) is 1. The van der Waals surface area contributed by atoms with E-state index < -0.39 is 11.9 Å². The molecule has 2 rings (SSSR count). The number of carbonyl (C=O) groups excluding carboxylic acids is 2. The van der Waals surface area contributed by atoms with Crippen LogP contribution in [0.2, 0.25) is 0 Å². The highest BCUT2D eigenvalue weighted by atomic mass is 19.1. The summed E-state index contributed by atoms with van der Waals surface area (Å²) in [6, 6.07) is 6.14. The minimum absolute atomic E-state index is 0.0246. The fourth-order valence-corrected chi connectivity index (χ4v) is 1.86. The van der Waals surface area contributed by atoms with Gasteiger partial charge in [-0.3, -0.25) is 4.79 Å². The monoisotopic (exact) mass is 266 g/mol. The molecule has 1 aromatic rings. The van der Waals surface area contributed by atoms with Crippen molar-refractivity contribution in [3.05, 3.63) is 35.6 Å². The Labute approximate surface area is 110 Å². The summed E-state index contributed by atoms with van der Waals surface area (Å²) in [5.41, 5.74) is 0.348. The van der Waals surface area contributed by atoms with Crippen molar-refractivity contribution in [2.45, 2.75) is 12.5 Å². The Morgan fingerprint density at radius 1 is 1.53 bits per heavy atom. The largest absolute Gasteiger partial charge is 0.442 e. The van der Waals surface area contributed by atoms with E-state index >= 15 is 0 Å². The highest BCUT2D eigenvalue weighted by molar-refractivity contribution is 5.78. The molecule has 1 aliphatic rings. The average molecular weight is 266 g/mol. The fourth-order valence-electron chi connectivity index (χ4n) is 1.86. The molecule has 0 aromatic heterocycles. The molecule has 1 saturated heterocycles. The topological polar surface area (TPSA) is 58.6 Å². The van der Waals surface area contributed by atoms with Gasteiger partial charge in [-0.2, -0.15) is 0 Å². The lowest BCUT2D eigenvalue weighted by molar-refractivity contribution is -0.120. The zero-order valence-corrected chi connectivity index (χ0v) is 10.6. The Kier molecular flexibility index (Phi) is 3.99. The first-order chi connectivity index (χ1) is 9.06. The van der Waals surface area contributed by atoms with Crippen LogP contribution in [-0.4, -0.2) is 43.1 Å². The van der Waals surface area contributed by atoms with Crippen molar-refractivity contribution in [2.24, 2.45) is 0 Å². The number of amides is 2. The molecule has 0 saturated carbocycles. The Bertz CT molecular complexity index is 493. The van der Waals surface area contributed by atoms with Crippen LogP contribution in [0, 0.1) is 5.82 Å². The summed E-state index contributed by atoms with van der Waals surface area (Å²) in [5.74, 6) is -0.694. The van der Waals surface area contributed by atoms with E-state index in [1.807, 2.05) is 0 Å². The molecule has 1 unspecified atom stereocenters. The van der Waals surface area contributed by atoms with Gasteiger partial charge in [-0.15, -0.1) is 0 Å². The molecule has 1 N–H and O–H groups in total. The number of halogens is 1. The van der Waals surface area contributed by atoms with E-state index in [1.54, 1.807) is 25.2 Å². The summed E-state index contributed by atoms with van der Waals surface area (Å²) in [4.78, 5) is 24.2. The maximum Gasteiger partial charge on any atom is 0.410 e. The number of likely N-dealkylation sites (N-methyl/N-ethyl adjacent to an activating group) is 1. The maximum absolute atomic E-state index is 13.3. The summed E-state index contributed by atoms with van der Waals surface area (Å²) < 4.78 is 18.3. The maximum atomic E-state index is 13.3. The smallest absolute Gasteiger partial charge is 0.410 e. The lowest BCUT2D eigenvalue weighted by Gasteiger charge is -2.10. The number of carbonyl (C=O) groups is 2. The van der Waals surface area contributed by atoms with Gasteiger partial charge in [0.15, 0.2) is 0 Å². The molecule has 0 spiro atoms. The van der Waals surface area contributed by atoms with E-state index in [4.69, 9.17) is 4.74 Å². The second-order valence-electron chi connectivity index (χ2n) is 4.46. The zero-order chi connectivity index (χ0) is 13.8. The lowest BCUT2D eigenvalue weighted by atomic mass is 10.1. The molecule has 102 valence electrons. The van der Waals surface area contributed by atoms with Gasteiger partial charge >= 0.3 is 6.09 Å². The van der Waals surface area contributed by atoms with Gasteiger partial charge in [0.25, 0.3) is 0 Å². The third-order valence-corrected chi connectivity index (χ3v) is 2.89. The van der Waals surface area contributed by atoms with Crippen LogP contribution in [0.4, 0.5) is 9.18 Å². The molecule has 1 atom stereocenters. The summed E-state index contributed by atoms with van der Waals surface area (Å²) in [6.07, 6.45) is -0.765. The van der Waals surface area contributed by atoms with Gasteiger partial charge in [-0.25, -0.2) is 9.18 Å².